The van der Waals surface area contributed by atoms with Gasteiger partial charge in [0.05, 0.1) is 0 Å². The van der Waals surface area contributed by atoms with Gasteiger partial charge in [-0.1, -0.05) is 29.3 Å². The molecule has 0 aliphatic rings. The zero-order valence-electron chi connectivity index (χ0n) is 12.2. The van der Waals surface area contributed by atoms with Crippen molar-refractivity contribution in [3.05, 3.63) is 70.2 Å². The molecule has 7 heteroatoms. The van der Waals surface area contributed by atoms with Crippen LogP contribution in [0.15, 0.2) is 48.5 Å². The summed E-state index contributed by atoms with van der Waals surface area (Å²) in [7, 11) is 0. The topological polar surface area (TPSA) is 70.2 Å². The van der Waals surface area contributed by atoms with E-state index < -0.39 is 5.91 Å². The van der Waals surface area contributed by atoms with Gasteiger partial charge in [-0.2, -0.15) is 0 Å². The van der Waals surface area contributed by atoms with Gasteiger partial charge in [0, 0.05) is 16.1 Å². The second kappa shape index (κ2) is 7.71. The van der Waals surface area contributed by atoms with E-state index in [-0.39, 0.29) is 11.0 Å². The Balaban J connectivity index is 1.85. The predicted octanol–water partition coefficient (Wildman–Crippen LogP) is 2.60. The van der Waals surface area contributed by atoms with E-state index in [0.29, 0.717) is 16.1 Å². The number of rotatable bonds is 2. The third kappa shape index (κ3) is 5.05. The summed E-state index contributed by atoms with van der Waals surface area (Å²) in [4.78, 5) is 23.8. The third-order valence-electron chi connectivity index (χ3n) is 2.94. The maximum Gasteiger partial charge on any atom is 0.269 e. The number of benzene rings is 2. The van der Waals surface area contributed by atoms with Gasteiger partial charge in [-0.05, 0) is 55.5 Å². The van der Waals surface area contributed by atoms with Crippen molar-refractivity contribution in [2.24, 2.45) is 0 Å². The molecule has 0 heterocycles. The lowest BCUT2D eigenvalue weighted by atomic mass is 10.1. The fourth-order valence-corrected chi connectivity index (χ4v) is 1.97. The highest BCUT2D eigenvalue weighted by atomic mass is 35.5. The van der Waals surface area contributed by atoms with E-state index in [2.05, 4.69) is 16.2 Å². The molecule has 0 atom stereocenters. The number of aryl methyl sites for hydroxylation is 1. The molecule has 0 spiro atoms. The van der Waals surface area contributed by atoms with Crippen molar-refractivity contribution in [1.82, 2.24) is 16.2 Å². The first-order valence-corrected chi connectivity index (χ1v) is 7.48. The molecule has 118 valence electrons. The number of hydrazine groups is 1. The SMILES string of the molecule is Cc1ccc(C(=O)NC(=S)NNC(=O)c2ccc(Cl)cc2)cc1. The number of hydrogen-bond acceptors (Lipinski definition) is 3. The lowest BCUT2D eigenvalue weighted by Crippen LogP contribution is -2.48. The van der Waals surface area contributed by atoms with Crippen LogP contribution in [-0.4, -0.2) is 16.9 Å². The van der Waals surface area contributed by atoms with Crippen LogP contribution in [0.3, 0.4) is 0 Å². The molecule has 2 aromatic carbocycles. The summed E-state index contributed by atoms with van der Waals surface area (Å²) in [6.07, 6.45) is 0. The maximum absolute atomic E-state index is 12.0. The Morgan fingerprint density at radius 2 is 1.39 bits per heavy atom. The fraction of sp³-hybridized carbons (Fsp3) is 0.0625. The number of amides is 2. The molecule has 0 bridgehead atoms. The number of thiocarbonyl (C=S) groups is 1. The Hall–Kier alpha value is -2.44. The normalized spacial score (nSPS) is 9.83. The van der Waals surface area contributed by atoms with E-state index in [1.165, 1.54) is 0 Å². The van der Waals surface area contributed by atoms with E-state index in [1.54, 1.807) is 36.4 Å². The molecule has 2 rings (SSSR count). The van der Waals surface area contributed by atoms with Crippen molar-refractivity contribution < 1.29 is 9.59 Å². The Morgan fingerprint density at radius 1 is 0.870 bits per heavy atom. The zero-order chi connectivity index (χ0) is 16.8. The van der Waals surface area contributed by atoms with Crippen LogP contribution >= 0.6 is 23.8 Å². The number of carbonyl (C=O) groups is 2. The minimum absolute atomic E-state index is 0.00196. The summed E-state index contributed by atoms with van der Waals surface area (Å²) in [5, 5.41) is 3.01. The summed E-state index contributed by atoms with van der Waals surface area (Å²) in [6.45, 7) is 1.93. The molecule has 0 aliphatic heterocycles. The molecule has 0 saturated carbocycles. The van der Waals surface area contributed by atoms with E-state index in [4.69, 9.17) is 23.8 Å². The first-order valence-electron chi connectivity index (χ1n) is 6.69. The first kappa shape index (κ1) is 16.9. The molecule has 5 nitrogen and oxygen atoms in total. The van der Waals surface area contributed by atoms with Crippen LogP contribution < -0.4 is 16.2 Å². The highest BCUT2D eigenvalue weighted by molar-refractivity contribution is 7.80. The zero-order valence-corrected chi connectivity index (χ0v) is 13.8. The Labute approximate surface area is 144 Å². The van der Waals surface area contributed by atoms with Crippen molar-refractivity contribution in [1.29, 1.82) is 0 Å². The average Bonchev–Trinajstić information content (AvgIpc) is 2.54. The predicted molar refractivity (Wildman–Crippen MR) is 93.3 cm³/mol. The van der Waals surface area contributed by atoms with Gasteiger partial charge in [0.2, 0.25) is 0 Å². The summed E-state index contributed by atoms with van der Waals surface area (Å²) in [6, 6.07) is 13.4. The van der Waals surface area contributed by atoms with Crippen molar-refractivity contribution in [2.75, 3.05) is 0 Å². The first-order chi connectivity index (χ1) is 11.0. The van der Waals surface area contributed by atoms with Crippen LogP contribution in [0, 0.1) is 6.92 Å². The number of hydrogen-bond donors (Lipinski definition) is 3. The summed E-state index contributed by atoms with van der Waals surface area (Å²) < 4.78 is 0. The van der Waals surface area contributed by atoms with Gasteiger partial charge in [0.1, 0.15) is 0 Å². The molecular weight excluding hydrogens is 334 g/mol. The lowest BCUT2D eigenvalue weighted by molar-refractivity contribution is 0.0934. The summed E-state index contributed by atoms with van der Waals surface area (Å²) in [5.74, 6) is -0.753. The van der Waals surface area contributed by atoms with Crippen molar-refractivity contribution in [3.8, 4) is 0 Å². The minimum Gasteiger partial charge on any atom is -0.298 e. The number of halogens is 1. The Bertz CT molecular complexity index is 730. The van der Waals surface area contributed by atoms with Gasteiger partial charge in [0.15, 0.2) is 5.11 Å². The highest BCUT2D eigenvalue weighted by Crippen LogP contribution is 2.09. The molecule has 3 N–H and O–H groups in total. The van der Waals surface area contributed by atoms with Crippen LogP contribution in [-0.2, 0) is 0 Å². The molecule has 0 aliphatic carbocycles. The molecular formula is C16H14ClN3O2S. The van der Waals surface area contributed by atoms with E-state index in [1.807, 2.05) is 19.1 Å². The van der Waals surface area contributed by atoms with Gasteiger partial charge >= 0.3 is 0 Å². The average molecular weight is 348 g/mol. The van der Waals surface area contributed by atoms with Gasteiger partial charge in [-0.25, -0.2) is 0 Å². The highest BCUT2D eigenvalue weighted by Gasteiger charge is 2.09. The van der Waals surface area contributed by atoms with Crippen molar-refractivity contribution >= 4 is 40.7 Å². The molecule has 0 saturated heterocycles. The smallest absolute Gasteiger partial charge is 0.269 e. The van der Waals surface area contributed by atoms with Gasteiger partial charge in [-0.3, -0.25) is 25.8 Å². The van der Waals surface area contributed by atoms with Crippen LogP contribution in [0.1, 0.15) is 26.3 Å². The second-order valence-corrected chi connectivity index (χ2v) is 5.58. The summed E-state index contributed by atoms with van der Waals surface area (Å²) in [5.41, 5.74) is 6.81. The third-order valence-corrected chi connectivity index (χ3v) is 3.39. The van der Waals surface area contributed by atoms with Crippen LogP contribution in [0.2, 0.25) is 5.02 Å². The standard InChI is InChI=1S/C16H14ClN3O2S/c1-10-2-4-11(5-3-10)14(21)18-16(23)20-19-15(22)12-6-8-13(17)9-7-12/h2-9H,1H3,(H,19,22)(H2,18,20,21,23). The molecule has 0 unspecified atom stereocenters. The van der Waals surface area contributed by atoms with Crippen LogP contribution in [0.4, 0.5) is 0 Å². The monoisotopic (exact) mass is 347 g/mol. The number of nitrogens with one attached hydrogen (secondary N) is 3. The van der Waals surface area contributed by atoms with E-state index in [0.717, 1.165) is 5.56 Å². The molecule has 0 fully saturated rings. The van der Waals surface area contributed by atoms with Crippen molar-refractivity contribution in [2.45, 2.75) is 6.92 Å². The van der Waals surface area contributed by atoms with Crippen LogP contribution in [0.5, 0.6) is 0 Å². The Morgan fingerprint density at radius 3 is 2.00 bits per heavy atom. The van der Waals surface area contributed by atoms with Crippen LogP contribution in [0.25, 0.3) is 0 Å². The Kier molecular flexibility index (Phi) is 5.67. The minimum atomic E-state index is -0.395. The lowest BCUT2D eigenvalue weighted by Gasteiger charge is -2.11. The molecule has 0 radical (unpaired) electrons. The second-order valence-electron chi connectivity index (χ2n) is 4.74. The molecule has 23 heavy (non-hydrogen) atoms. The fourth-order valence-electron chi connectivity index (χ4n) is 1.70. The van der Waals surface area contributed by atoms with Gasteiger partial charge < -0.3 is 0 Å². The van der Waals surface area contributed by atoms with Crippen molar-refractivity contribution in [3.63, 3.8) is 0 Å². The molecule has 2 aromatic rings. The van der Waals surface area contributed by atoms with E-state index >= 15 is 0 Å². The maximum atomic E-state index is 12.0. The number of carbonyl (C=O) groups excluding carboxylic acids is 2. The van der Waals surface area contributed by atoms with E-state index in [9.17, 15) is 9.59 Å². The molecule has 0 aromatic heterocycles. The quantitative estimate of drug-likeness (QED) is 0.577. The van der Waals surface area contributed by atoms with Gasteiger partial charge in [-0.15, -0.1) is 0 Å². The van der Waals surface area contributed by atoms with Gasteiger partial charge in [0.25, 0.3) is 11.8 Å². The largest absolute Gasteiger partial charge is 0.298 e. The summed E-state index contributed by atoms with van der Waals surface area (Å²) >= 11 is 10.7. The molecule has 2 amide bonds.